The largest absolute Gasteiger partial charge is 0.411 e. The molecule has 1 N–H and O–H groups in total. The number of ketones is 1. The van der Waals surface area contributed by atoms with Gasteiger partial charge in [0.05, 0.1) is 5.71 Å². The molecule has 70 valence electrons. The van der Waals surface area contributed by atoms with Gasteiger partial charge >= 0.3 is 0 Å². The van der Waals surface area contributed by atoms with Gasteiger partial charge in [0.25, 0.3) is 0 Å². The summed E-state index contributed by atoms with van der Waals surface area (Å²) in [6.07, 6.45) is 7.73. The number of allylic oxidation sites excluding steroid dienone is 4. The topological polar surface area (TPSA) is 49.7 Å². The van der Waals surface area contributed by atoms with Crippen molar-refractivity contribution in [3.63, 3.8) is 0 Å². The number of hydrogen-bond donors (Lipinski definition) is 1. The molecule has 0 aromatic heterocycles. The fourth-order valence-electron chi connectivity index (χ4n) is 1.26. The average molecular weight is 179 g/mol. The van der Waals surface area contributed by atoms with E-state index in [0.29, 0.717) is 6.42 Å². The number of nitrogens with zero attached hydrogens (tertiary/aromatic N) is 1. The highest BCUT2D eigenvalue weighted by molar-refractivity contribution is 5.90. The van der Waals surface area contributed by atoms with Crippen molar-refractivity contribution >= 4 is 11.5 Å². The minimum Gasteiger partial charge on any atom is -0.411 e. The van der Waals surface area contributed by atoms with Gasteiger partial charge in [0, 0.05) is 6.42 Å². The van der Waals surface area contributed by atoms with E-state index < -0.39 is 0 Å². The number of carbonyl (C=O) groups is 1. The van der Waals surface area contributed by atoms with Crippen LogP contribution in [0.15, 0.2) is 29.0 Å². The molecule has 0 unspecified atom stereocenters. The average Bonchev–Trinajstić information content (AvgIpc) is 2.15. The lowest BCUT2D eigenvalue weighted by molar-refractivity contribution is -0.112. The summed E-state index contributed by atoms with van der Waals surface area (Å²) in [5.41, 5.74) is 1.83. The van der Waals surface area contributed by atoms with Crippen LogP contribution in [0.3, 0.4) is 0 Å². The SMILES string of the molecule is CC(=O)/C=C/C1=CCC/C(=N\O)C1. The molecule has 0 saturated heterocycles. The van der Waals surface area contributed by atoms with E-state index in [0.717, 1.165) is 24.1 Å². The molecule has 0 radical (unpaired) electrons. The van der Waals surface area contributed by atoms with Gasteiger partial charge in [-0.15, -0.1) is 0 Å². The first-order valence-corrected chi connectivity index (χ1v) is 4.30. The number of carbonyl (C=O) groups excluding carboxylic acids is 1. The summed E-state index contributed by atoms with van der Waals surface area (Å²) in [5.74, 6) is 0.0361. The Labute approximate surface area is 77.4 Å². The Hall–Kier alpha value is -1.38. The molecule has 13 heavy (non-hydrogen) atoms. The summed E-state index contributed by atoms with van der Waals surface area (Å²) >= 11 is 0. The van der Waals surface area contributed by atoms with E-state index in [9.17, 15) is 4.79 Å². The van der Waals surface area contributed by atoms with E-state index in [1.807, 2.05) is 0 Å². The molecule has 0 amide bonds. The number of oxime groups is 1. The molecule has 3 nitrogen and oxygen atoms in total. The monoisotopic (exact) mass is 179 g/mol. The van der Waals surface area contributed by atoms with Crippen LogP contribution in [0.4, 0.5) is 0 Å². The molecule has 0 aromatic carbocycles. The standard InChI is InChI=1S/C10H13NO2/c1-8(12)5-6-9-3-2-4-10(7-9)11-13/h3,5-6,13H,2,4,7H2,1H3/b6-5+,11-10+. The second kappa shape index (κ2) is 4.60. The van der Waals surface area contributed by atoms with Gasteiger partial charge in [0.2, 0.25) is 0 Å². The highest BCUT2D eigenvalue weighted by Crippen LogP contribution is 2.16. The van der Waals surface area contributed by atoms with Crippen LogP contribution in [-0.4, -0.2) is 16.7 Å². The second-order valence-corrected chi connectivity index (χ2v) is 3.10. The molecule has 0 saturated carbocycles. The van der Waals surface area contributed by atoms with E-state index in [1.165, 1.54) is 13.0 Å². The van der Waals surface area contributed by atoms with E-state index in [4.69, 9.17) is 5.21 Å². The summed E-state index contributed by atoms with van der Waals surface area (Å²) in [7, 11) is 0. The third-order valence-corrected chi connectivity index (χ3v) is 1.92. The van der Waals surface area contributed by atoms with Crippen molar-refractivity contribution in [2.75, 3.05) is 0 Å². The minimum absolute atomic E-state index is 0.0361. The van der Waals surface area contributed by atoms with Crippen LogP contribution in [0.1, 0.15) is 26.2 Å². The highest BCUT2D eigenvalue weighted by Gasteiger charge is 2.07. The van der Waals surface area contributed by atoms with Crippen LogP contribution in [0.2, 0.25) is 0 Å². The highest BCUT2D eigenvalue weighted by atomic mass is 16.4. The van der Waals surface area contributed by atoms with Gasteiger partial charge in [-0.05, 0) is 31.4 Å². The van der Waals surface area contributed by atoms with Crippen LogP contribution in [0.5, 0.6) is 0 Å². The fraction of sp³-hybridized carbons (Fsp3) is 0.400. The second-order valence-electron chi connectivity index (χ2n) is 3.10. The zero-order chi connectivity index (χ0) is 9.68. The maximum atomic E-state index is 10.6. The van der Waals surface area contributed by atoms with E-state index in [1.54, 1.807) is 6.08 Å². The lowest BCUT2D eigenvalue weighted by Gasteiger charge is -2.09. The predicted octanol–water partition coefficient (Wildman–Crippen LogP) is 2.07. The normalized spacial score (nSPS) is 20.7. The van der Waals surface area contributed by atoms with Crippen molar-refractivity contribution in [2.45, 2.75) is 26.2 Å². The Kier molecular flexibility index (Phi) is 3.43. The van der Waals surface area contributed by atoms with E-state index >= 15 is 0 Å². The van der Waals surface area contributed by atoms with Gasteiger partial charge in [-0.3, -0.25) is 4.79 Å². The summed E-state index contributed by atoms with van der Waals surface area (Å²) < 4.78 is 0. The first-order chi connectivity index (χ1) is 6.22. The van der Waals surface area contributed by atoms with Gasteiger partial charge < -0.3 is 5.21 Å². The van der Waals surface area contributed by atoms with Crippen LogP contribution >= 0.6 is 0 Å². The van der Waals surface area contributed by atoms with Crippen LogP contribution in [-0.2, 0) is 4.79 Å². The molecule has 0 bridgehead atoms. The van der Waals surface area contributed by atoms with Crippen molar-refractivity contribution in [3.05, 3.63) is 23.8 Å². The Morgan fingerprint density at radius 3 is 3.08 bits per heavy atom. The smallest absolute Gasteiger partial charge is 0.152 e. The fourth-order valence-corrected chi connectivity index (χ4v) is 1.26. The lowest BCUT2D eigenvalue weighted by Crippen LogP contribution is -2.04. The summed E-state index contributed by atoms with van der Waals surface area (Å²) in [6.45, 7) is 1.51. The Bertz CT molecular complexity index is 287. The molecule has 1 rings (SSSR count). The van der Waals surface area contributed by atoms with Crippen LogP contribution in [0.25, 0.3) is 0 Å². The molecule has 0 aliphatic heterocycles. The molecule has 0 aromatic rings. The molecule has 1 aliphatic rings. The Morgan fingerprint density at radius 1 is 1.69 bits per heavy atom. The third-order valence-electron chi connectivity index (χ3n) is 1.92. The van der Waals surface area contributed by atoms with Crippen LogP contribution < -0.4 is 0 Å². The van der Waals surface area contributed by atoms with Crippen molar-refractivity contribution in [1.29, 1.82) is 0 Å². The molecular formula is C10H13NO2. The molecule has 0 fully saturated rings. The molecule has 1 aliphatic carbocycles. The van der Waals surface area contributed by atoms with Crippen molar-refractivity contribution in [2.24, 2.45) is 5.16 Å². The first-order valence-electron chi connectivity index (χ1n) is 4.30. The molecule has 0 spiro atoms. The molecule has 3 heteroatoms. The molecule has 0 atom stereocenters. The zero-order valence-electron chi connectivity index (χ0n) is 7.66. The van der Waals surface area contributed by atoms with Gasteiger partial charge in [-0.2, -0.15) is 0 Å². The molecule has 0 heterocycles. The minimum atomic E-state index is 0.0361. The van der Waals surface area contributed by atoms with Gasteiger partial charge in [0.1, 0.15) is 0 Å². The van der Waals surface area contributed by atoms with Gasteiger partial charge in [0.15, 0.2) is 5.78 Å². The van der Waals surface area contributed by atoms with E-state index in [-0.39, 0.29) is 5.78 Å². The quantitative estimate of drug-likeness (QED) is 0.401. The summed E-state index contributed by atoms with van der Waals surface area (Å²) in [4.78, 5) is 10.6. The van der Waals surface area contributed by atoms with E-state index in [2.05, 4.69) is 11.2 Å². The summed E-state index contributed by atoms with van der Waals surface area (Å²) in [5, 5.41) is 11.7. The Balaban J connectivity index is 2.61. The number of hydrogen-bond acceptors (Lipinski definition) is 3. The lowest BCUT2D eigenvalue weighted by atomic mass is 9.97. The predicted molar refractivity (Wildman–Crippen MR) is 51.0 cm³/mol. The first kappa shape index (κ1) is 9.71. The summed E-state index contributed by atoms with van der Waals surface area (Å²) in [6, 6.07) is 0. The van der Waals surface area contributed by atoms with Gasteiger partial charge in [-0.1, -0.05) is 17.3 Å². The van der Waals surface area contributed by atoms with Crippen molar-refractivity contribution < 1.29 is 10.0 Å². The maximum Gasteiger partial charge on any atom is 0.152 e. The number of rotatable bonds is 2. The zero-order valence-corrected chi connectivity index (χ0v) is 7.66. The molecular weight excluding hydrogens is 166 g/mol. The Morgan fingerprint density at radius 2 is 2.46 bits per heavy atom. The third kappa shape index (κ3) is 3.23. The van der Waals surface area contributed by atoms with Crippen LogP contribution in [0, 0.1) is 0 Å². The maximum absolute atomic E-state index is 10.6. The van der Waals surface area contributed by atoms with Crippen molar-refractivity contribution in [3.8, 4) is 0 Å². The van der Waals surface area contributed by atoms with Gasteiger partial charge in [-0.25, -0.2) is 0 Å². The van der Waals surface area contributed by atoms with Crippen molar-refractivity contribution in [1.82, 2.24) is 0 Å².